The third-order valence-corrected chi connectivity index (χ3v) is 4.60. The summed E-state index contributed by atoms with van der Waals surface area (Å²) in [5, 5.41) is 11.6. The number of benzene rings is 1. The molecule has 2 aromatic rings. The molecule has 0 bridgehead atoms. The van der Waals surface area contributed by atoms with Crippen molar-refractivity contribution in [3.05, 3.63) is 52.0 Å². The van der Waals surface area contributed by atoms with Gasteiger partial charge in [0, 0.05) is 24.6 Å². The number of rotatable bonds is 5. The molecular formula is C16H16N2O4S. The van der Waals surface area contributed by atoms with Crippen molar-refractivity contribution in [3.63, 3.8) is 0 Å². The molecule has 0 unspecified atom stereocenters. The van der Waals surface area contributed by atoms with Crippen LogP contribution in [0.25, 0.3) is 0 Å². The molecule has 3 rings (SSSR count). The molecule has 1 aliphatic heterocycles. The van der Waals surface area contributed by atoms with Crippen molar-refractivity contribution in [3.8, 4) is 0 Å². The van der Waals surface area contributed by atoms with E-state index in [1.165, 1.54) is 11.3 Å². The molecule has 23 heavy (non-hydrogen) atoms. The van der Waals surface area contributed by atoms with E-state index in [2.05, 4.69) is 4.98 Å². The number of carboxylic acids is 1. The smallest absolute Gasteiger partial charge is 0.313 e. The quantitative estimate of drug-likeness (QED) is 0.907. The molecule has 1 N–H and O–H groups in total. The van der Waals surface area contributed by atoms with Crippen molar-refractivity contribution >= 4 is 23.2 Å². The molecule has 7 heteroatoms. The monoisotopic (exact) mass is 332 g/mol. The number of carbonyl (C=O) groups is 2. The summed E-state index contributed by atoms with van der Waals surface area (Å²) in [6.07, 6.45) is 0. The van der Waals surface area contributed by atoms with Gasteiger partial charge in [-0.1, -0.05) is 18.2 Å². The Bertz CT molecular complexity index is 717. The Hall–Kier alpha value is -2.25. The van der Waals surface area contributed by atoms with Crippen LogP contribution in [0.5, 0.6) is 0 Å². The lowest BCUT2D eigenvalue weighted by Gasteiger charge is -2.39. The summed E-state index contributed by atoms with van der Waals surface area (Å²) < 4.78 is 5.08. The number of aliphatic carboxylic acids is 1. The van der Waals surface area contributed by atoms with Crippen LogP contribution in [-0.2, 0) is 9.53 Å². The largest absolute Gasteiger partial charge is 0.481 e. The average molecular weight is 332 g/mol. The third-order valence-electron chi connectivity index (χ3n) is 4.00. The lowest BCUT2D eigenvalue weighted by molar-refractivity contribution is -0.140. The van der Waals surface area contributed by atoms with Crippen molar-refractivity contribution in [2.75, 3.05) is 20.3 Å². The maximum absolute atomic E-state index is 12.8. The molecule has 0 radical (unpaired) electrons. The first-order chi connectivity index (χ1) is 11.1. The number of aromatic nitrogens is 1. The normalized spacial score (nSPS) is 20.4. The molecule has 1 aliphatic rings. The van der Waals surface area contributed by atoms with Gasteiger partial charge in [0.1, 0.15) is 5.92 Å². The van der Waals surface area contributed by atoms with E-state index >= 15 is 0 Å². The Morgan fingerprint density at radius 1 is 1.43 bits per heavy atom. The number of hydrogen-bond acceptors (Lipinski definition) is 5. The molecule has 6 nitrogen and oxygen atoms in total. The highest BCUT2D eigenvalue weighted by Gasteiger charge is 2.44. The van der Waals surface area contributed by atoms with Crippen LogP contribution in [-0.4, -0.2) is 47.1 Å². The van der Waals surface area contributed by atoms with E-state index in [4.69, 9.17) is 4.74 Å². The molecule has 1 aromatic carbocycles. The second-order valence-electron chi connectivity index (χ2n) is 5.25. The second kappa shape index (κ2) is 6.47. The molecule has 0 saturated carbocycles. The number of nitrogens with zero attached hydrogens (tertiary/aromatic N) is 2. The van der Waals surface area contributed by atoms with Gasteiger partial charge < -0.3 is 14.7 Å². The molecule has 1 amide bonds. The summed E-state index contributed by atoms with van der Waals surface area (Å²) in [5.41, 5.74) is 3.22. The summed E-state index contributed by atoms with van der Waals surface area (Å²) in [6, 6.07) is 6.25. The number of carboxylic acid groups (broad SMARTS) is 1. The van der Waals surface area contributed by atoms with Crippen molar-refractivity contribution in [2.24, 2.45) is 0 Å². The van der Waals surface area contributed by atoms with Crippen molar-refractivity contribution in [1.29, 1.82) is 0 Å². The summed E-state index contributed by atoms with van der Waals surface area (Å²) in [4.78, 5) is 30.6. The van der Waals surface area contributed by atoms with Crippen molar-refractivity contribution < 1.29 is 19.4 Å². The van der Waals surface area contributed by atoms with Crippen LogP contribution in [0.4, 0.5) is 0 Å². The Balaban J connectivity index is 2.15. The summed E-state index contributed by atoms with van der Waals surface area (Å²) in [5.74, 6) is -2.00. The minimum absolute atomic E-state index is 0.187. The predicted molar refractivity (Wildman–Crippen MR) is 84.6 cm³/mol. The lowest BCUT2D eigenvalue weighted by atomic mass is 9.81. The van der Waals surface area contributed by atoms with E-state index in [0.717, 1.165) is 0 Å². The highest BCUT2D eigenvalue weighted by Crippen LogP contribution is 2.42. The number of ether oxygens (including phenoxy) is 1. The molecule has 1 aromatic heterocycles. The van der Waals surface area contributed by atoms with Gasteiger partial charge in [0.05, 0.1) is 23.9 Å². The molecule has 2 heterocycles. The molecule has 0 spiro atoms. The highest BCUT2D eigenvalue weighted by atomic mass is 32.1. The van der Waals surface area contributed by atoms with Crippen LogP contribution in [0.2, 0.25) is 0 Å². The van der Waals surface area contributed by atoms with Gasteiger partial charge in [-0.05, 0) is 11.6 Å². The van der Waals surface area contributed by atoms with Gasteiger partial charge in [0.25, 0.3) is 5.91 Å². The maximum atomic E-state index is 12.8. The molecule has 120 valence electrons. The van der Waals surface area contributed by atoms with Gasteiger partial charge in [0.2, 0.25) is 0 Å². The van der Waals surface area contributed by atoms with E-state index in [9.17, 15) is 14.7 Å². The molecule has 0 fully saturated rings. The van der Waals surface area contributed by atoms with E-state index in [1.54, 1.807) is 47.2 Å². The van der Waals surface area contributed by atoms with Gasteiger partial charge >= 0.3 is 5.97 Å². The number of carbonyl (C=O) groups excluding carboxylic acids is 1. The minimum atomic E-state index is -0.967. The standard InChI is InChI=1S/C16H16N2O4S/c1-22-7-6-18-14(12-8-23-9-17-12)13(16(20)21)10-4-2-3-5-11(10)15(18)19/h2-5,8-9,13-14H,6-7H2,1H3,(H,20,21)/t13-,14+/m1/s1. The second-order valence-corrected chi connectivity index (χ2v) is 5.97. The van der Waals surface area contributed by atoms with Crippen molar-refractivity contribution in [1.82, 2.24) is 9.88 Å². The van der Waals surface area contributed by atoms with E-state index in [1.807, 2.05) is 0 Å². The van der Waals surface area contributed by atoms with Crippen molar-refractivity contribution in [2.45, 2.75) is 12.0 Å². The number of amides is 1. The zero-order chi connectivity index (χ0) is 16.4. The minimum Gasteiger partial charge on any atom is -0.481 e. The van der Waals surface area contributed by atoms with Gasteiger partial charge in [-0.25, -0.2) is 4.98 Å². The number of methoxy groups -OCH3 is 1. The molecule has 0 aliphatic carbocycles. The average Bonchev–Trinajstić information content (AvgIpc) is 3.07. The lowest BCUT2D eigenvalue weighted by Crippen LogP contribution is -2.46. The van der Waals surface area contributed by atoms with Crippen LogP contribution in [0, 0.1) is 0 Å². The van der Waals surface area contributed by atoms with Crippen LogP contribution in [0.15, 0.2) is 35.2 Å². The maximum Gasteiger partial charge on any atom is 0.313 e. The van der Waals surface area contributed by atoms with Gasteiger partial charge in [0.15, 0.2) is 0 Å². The first kappa shape index (κ1) is 15.6. The van der Waals surface area contributed by atoms with E-state index in [0.29, 0.717) is 30.0 Å². The Morgan fingerprint density at radius 2 is 2.22 bits per heavy atom. The fourth-order valence-electron chi connectivity index (χ4n) is 2.99. The van der Waals surface area contributed by atoms with Gasteiger partial charge in [-0.3, -0.25) is 9.59 Å². The Labute approximate surface area is 137 Å². The number of hydrogen-bond donors (Lipinski definition) is 1. The first-order valence-corrected chi connectivity index (χ1v) is 8.09. The summed E-state index contributed by atoms with van der Waals surface area (Å²) in [7, 11) is 1.55. The predicted octanol–water partition coefficient (Wildman–Crippen LogP) is 2.15. The van der Waals surface area contributed by atoms with Crippen LogP contribution in [0.1, 0.15) is 33.6 Å². The van der Waals surface area contributed by atoms with E-state index in [-0.39, 0.29) is 5.91 Å². The fourth-order valence-corrected chi connectivity index (χ4v) is 3.57. The zero-order valence-electron chi connectivity index (χ0n) is 12.5. The highest BCUT2D eigenvalue weighted by molar-refractivity contribution is 7.07. The third kappa shape index (κ3) is 2.73. The van der Waals surface area contributed by atoms with Crippen LogP contribution < -0.4 is 0 Å². The number of thiazole rings is 1. The molecule has 0 saturated heterocycles. The first-order valence-electron chi connectivity index (χ1n) is 7.15. The van der Waals surface area contributed by atoms with Crippen LogP contribution in [0.3, 0.4) is 0 Å². The SMILES string of the molecule is COCCN1C(=O)c2ccccc2[C@@H](C(=O)O)[C@@H]1c1cscn1. The number of fused-ring (bicyclic) bond motifs is 1. The molecule has 2 atom stereocenters. The van der Waals surface area contributed by atoms with Gasteiger partial charge in [-0.2, -0.15) is 0 Å². The Kier molecular flexibility index (Phi) is 4.40. The zero-order valence-corrected chi connectivity index (χ0v) is 13.3. The fraction of sp³-hybridized carbons (Fsp3) is 0.312. The summed E-state index contributed by atoms with van der Waals surface area (Å²) in [6.45, 7) is 0.649. The Morgan fingerprint density at radius 3 is 2.87 bits per heavy atom. The summed E-state index contributed by atoms with van der Waals surface area (Å²) >= 11 is 1.38. The van der Waals surface area contributed by atoms with Crippen LogP contribution >= 0.6 is 11.3 Å². The van der Waals surface area contributed by atoms with E-state index < -0.39 is 17.9 Å². The molecular weight excluding hydrogens is 316 g/mol. The topological polar surface area (TPSA) is 79.7 Å². The van der Waals surface area contributed by atoms with Gasteiger partial charge in [-0.15, -0.1) is 11.3 Å².